The molecule has 7 nitrogen and oxygen atoms in total. The van der Waals surface area contributed by atoms with Crippen LogP contribution >= 0.6 is 0 Å². The van der Waals surface area contributed by atoms with Gasteiger partial charge in [-0.1, -0.05) is 24.8 Å². The van der Waals surface area contributed by atoms with Gasteiger partial charge in [0, 0.05) is 37.4 Å². The van der Waals surface area contributed by atoms with Gasteiger partial charge in [-0.15, -0.1) is 0 Å². The van der Waals surface area contributed by atoms with Crippen LogP contribution in [-0.4, -0.2) is 45.8 Å². The number of benzene rings is 2. The van der Waals surface area contributed by atoms with Crippen LogP contribution in [0.4, 0.5) is 10.2 Å². The Morgan fingerprint density at radius 1 is 1.28 bits per heavy atom. The van der Waals surface area contributed by atoms with Crippen LogP contribution in [0.3, 0.4) is 0 Å². The second kappa shape index (κ2) is 10.2. The van der Waals surface area contributed by atoms with Crippen molar-refractivity contribution in [2.75, 3.05) is 25.5 Å². The molecule has 1 aliphatic rings. The van der Waals surface area contributed by atoms with Gasteiger partial charge in [-0.2, -0.15) is 5.10 Å². The Hall–Kier alpha value is -4.20. The van der Waals surface area contributed by atoms with Crippen molar-refractivity contribution in [1.82, 2.24) is 19.7 Å². The van der Waals surface area contributed by atoms with Crippen LogP contribution in [-0.2, 0) is 11.3 Å². The minimum Gasteiger partial charge on any atom is -0.496 e. The molecule has 1 N–H and O–H groups in total. The Kier molecular flexibility index (Phi) is 6.66. The maximum atomic E-state index is 14.9. The first-order valence-corrected chi connectivity index (χ1v) is 12.0. The maximum absolute atomic E-state index is 14.9. The van der Waals surface area contributed by atoms with Crippen molar-refractivity contribution in [3.63, 3.8) is 0 Å². The summed E-state index contributed by atoms with van der Waals surface area (Å²) >= 11 is 0. The monoisotopic (exact) mass is 485 g/mol. The van der Waals surface area contributed by atoms with Gasteiger partial charge in [-0.3, -0.25) is 9.78 Å². The number of hydrogen-bond acceptors (Lipinski definition) is 5. The van der Waals surface area contributed by atoms with E-state index in [1.807, 2.05) is 46.1 Å². The van der Waals surface area contributed by atoms with Crippen LogP contribution in [0.5, 0.6) is 5.75 Å². The second-order valence-corrected chi connectivity index (χ2v) is 8.84. The molecule has 0 saturated carbocycles. The molecular weight excluding hydrogens is 457 g/mol. The Morgan fingerprint density at radius 3 is 2.94 bits per heavy atom. The Morgan fingerprint density at radius 2 is 2.17 bits per heavy atom. The highest BCUT2D eigenvalue weighted by molar-refractivity contribution is 5.94. The first kappa shape index (κ1) is 23.5. The van der Waals surface area contributed by atoms with Crippen LogP contribution in [0.15, 0.2) is 73.6 Å². The molecule has 1 fully saturated rings. The lowest BCUT2D eigenvalue weighted by Gasteiger charge is -2.33. The van der Waals surface area contributed by atoms with Gasteiger partial charge >= 0.3 is 0 Å². The average molecular weight is 486 g/mol. The number of likely N-dealkylation sites (tertiary alicyclic amines) is 1. The number of nitrogens with one attached hydrogen (secondary N) is 1. The molecule has 36 heavy (non-hydrogen) atoms. The Bertz CT molecular complexity index is 1400. The lowest BCUT2D eigenvalue weighted by molar-refractivity contribution is -0.127. The zero-order valence-electron chi connectivity index (χ0n) is 20.2. The molecule has 2 aromatic heterocycles. The molecule has 0 spiro atoms. The van der Waals surface area contributed by atoms with Crippen molar-refractivity contribution in [2.24, 2.45) is 0 Å². The average Bonchev–Trinajstić information content (AvgIpc) is 3.29. The third-order valence-electron chi connectivity index (χ3n) is 6.59. The molecule has 1 aliphatic heterocycles. The summed E-state index contributed by atoms with van der Waals surface area (Å²) in [5.41, 5.74) is 2.93. The number of nitrogens with zero attached hydrogens (tertiary/aromatic N) is 4. The molecule has 5 rings (SSSR count). The summed E-state index contributed by atoms with van der Waals surface area (Å²) in [7, 11) is 1.54. The first-order chi connectivity index (χ1) is 17.6. The predicted molar refractivity (Wildman–Crippen MR) is 138 cm³/mol. The molecule has 4 aromatic rings. The maximum Gasteiger partial charge on any atom is 0.246 e. The number of methoxy groups -OCH3 is 1. The summed E-state index contributed by atoms with van der Waals surface area (Å²) in [6.07, 6.45) is 6.68. The van der Waals surface area contributed by atoms with Crippen LogP contribution in [0.25, 0.3) is 22.0 Å². The number of carbonyl (C=O) groups excluding carboxylic acids is 1. The van der Waals surface area contributed by atoms with Gasteiger partial charge < -0.3 is 15.0 Å². The largest absolute Gasteiger partial charge is 0.496 e. The number of ether oxygens (including phenoxy) is 1. The number of piperidine rings is 1. The molecule has 2 aromatic carbocycles. The molecule has 0 aliphatic carbocycles. The minimum absolute atomic E-state index is 0.00195. The minimum atomic E-state index is -0.350. The lowest BCUT2D eigenvalue weighted by atomic mass is 10.0. The number of fused-ring (bicyclic) bond motifs is 1. The van der Waals surface area contributed by atoms with E-state index in [9.17, 15) is 9.18 Å². The van der Waals surface area contributed by atoms with E-state index in [0.717, 1.165) is 35.1 Å². The molecule has 184 valence electrons. The Balaban J connectivity index is 1.59. The normalized spacial score (nSPS) is 15.6. The van der Waals surface area contributed by atoms with Crippen molar-refractivity contribution in [2.45, 2.75) is 25.4 Å². The molecular formula is C28H28FN5O2. The summed E-state index contributed by atoms with van der Waals surface area (Å²) in [5, 5.41) is 9.33. The second-order valence-electron chi connectivity index (χ2n) is 8.84. The number of anilines is 1. The van der Waals surface area contributed by atoms with Gasteiger partial charge in [-0.25, -0.2) is 9.07 Å². The van der Waals surface area contributed by atoms with Gasteiger partial charge in [-0.05, 0) is 60.4 Å². The molecule has 8 heteroatoms. The van der Waals surface area contributed by atoms with Gasteiger partial charge in [0.1, 0.15) is 17.4 Å². The van der Waals surface area contributed by atoms with E-state index in [-0.39, 0.29) is 17.8 Å². The van der Waals surface area contributed by atoms with E-state index in [2.05, 4.69) is 16.9 Å². The Labute approximate surface area is 209 Å². The van der Waals surface area contributed by atoms with E-state index in [1.165, 1.54) is 19.3 Å². The van der Waals surface area contributed by atoms with Crippen LogP contribution in [0, 0.1) is 5.82 Å². The van der Waals surface area contributed by atoms with Crippen molar-refractivity contribution in [1.29, 1.82) is 0 Å². The SMILES string of the molecule is C=CC(=O)N1CCCC(n2nc3ccc(-c4c(F)cccc4OC)cc3c2NCc2cccnc2)C1. The van der Waals surface area contributed by atoms with E-state index in [1.54, 1.807) is 18.3 Å². The standard InChI is InChI=1S/C28H28FN5O2/c1-3-26(35)33-14-6-8-21(18-33)34-28(31-17-19-7-5-13-30-16-19)22-15-20(11-12-24(22)32-34)27-23(29)9-4-10-25(27)36-2/h3-5,7,9-13,15-16,21,31H,1,6,8,14,17-18H2,2H3. The van der Waals surface area contributed by atoms with Crippen molar-refractivity contribution >= 4 is 22.6 Å². The van der Waals surface area contributed by atoms with Crippen LogP contribution in [0.2, 0.25) is 0 Å². The summed E-state index contributed by atoms with van der Waals surface area (Å²) < 4.78 is 22.3. The zero-order valence-corrected chi connectivity index (χ0v) is 20.2. The highest BCUT2D eigenvalue weighted by Gasteiger charge is 2.27. The number of carbonyl (C=O) groups is 1. The highest BCUT2D eigenvalue weighted by Crippen LogP contribution is 2.37. The highest BCUT2D eigenvalue weighted by atomic mass is 19.1. The van der Waals surface area contributed by atoms with Crippen molar-refractivity contribution in [3.8, 4) is 16.9 Å². The van der Waals surface area contributed by atoms with Crippen LogP contribution in [0.1, 0.15) is 24.4 Å². The van der Waals surface area contributed by atoms with Gasteiger partial charge in [0.25, 0.3) is 0 Å². The molecule has 1 saturated heterocycles. The topological polar surface area (TPSA) is 72.3 Å². The van der Waals surface area contributed by atoms with Gasteiger partial charge in [0.05, 0.1) is 24.2 Å². The van der Waals surface area contributed by atoms with Crippen molar-refractivity contribution < 1.29 is 13.9 Å². The number of rotatable bonds is 7. The number of halogens is 1. The van der Waals surface area contributed by atoms with Crippen LogP contribution < -0.4 is 10.1 Å². The molecule has 0 radical (unpaired) electrons. The van der Waals surface area contributed by atoms with E-state index in [4.69, 9.17) is 9.84 Å². The third-order valence-corrected chi connectivity index (χ3v) is 6.59. The first-order valence-electron chi connectivity index (χ1n) is 12.0. The zero-order chi connectivity index (χ0) is 25.1. The molecule has 0 bridgehead atoms. The van der Waals surface area contributed by atoms with E-state index in [0.29, 0.717) is 36.5 Å². The molecule has 1 unspecified atom stereocenters. The lowest BCUT2D eigenvalue weighted by Crippen LogP contribution is -2.40. The predicted octanol–water partition coefficient (Wildman–Crippen LogP) is 5.21. The summed E-state index contributed by atoms with van der Waals surface area (Å²) in [6, 6.07) is 14.4. The fraction of sp³-hybridized carbons (Fsp3) is 0.250. The fourth-order valence-electron chi connectivity index (χ4n) is 4.83. The number of pyridine rings is 1. The quantitative estimate of drug-likeness (QED) is 0.364. The number of aromatic nitrogens is 3. The summed E-state index contributed by atoms with van der Waals surface area (Å²) in [6.45, 7) is 5.44. The summed E-state index contributed by atoms with van der Waals surface area (Å²) in [5.74, 6) is 0.869. The summed E-state index contributed by atoms with van der Waals surface area (Å²) in [4.78, 5) is 18.3. The molecule has 1 amide bonds. The molecule has 1 atom stereocenters. The molecule has 3 heterocycles. The van der Waals surface area contributed by atoms with Gasteiger partial charge in [0.15, 0.2) is 0 Å². The number of hydrogen-bond donors (Lipinski definition) is 1. The van der Waals surface area contributed by atoms with Crippen molar-refractivity contribution in [3.05, 3.63) is 85.0 Å². The third kappa shape index (κ3) is 4.54. The smallest absolute Gasteiger partial charge is 0.246 e. The van der Waals surface area contributed by atoms with E-state index < -0.39 is 0 Å². The fourth-order valence-corrected chi connectivity index (χ4v) is 4.83. The van der Waals surface area contributed by atoms with E-state index >= 15 is 0 Å². The number of amides is 1. The van der Waals surface area contributed by atoms with Gasteiger partial charge in [0.2, 0.25) is 5.91 Å².